The molecule has 1 N–H and O–H groups in total. The number of hydrogen-bond acceptors (Lipinski definition) is 4. The van der Waals surface area contributed by atoms with Gasteiger partial charge in [-0.15, -0.1) is 11.3 Å². The van der Waals surface area contributed by atoms with Crippen molar-refractivity contribution in [1.29, 1.82) is 0 Å². The minimum absolute atomic E-state index is 0.0566. The number of piperidine rings is 1. The Hall–Kier alpha value is -0.140. The van der Waals surface area contributed by atoms with E-state index in [1.807, 2.05) is 0 Å². The van der Waals surface area contributed by atoms with Crippen molar-refractivity contribution in [2.45, 2.75) is 42.9 Å². The third-order valence-electron chi connectivity index (χ3n) is 3.49. The summed E-state index contributed by atoms with van der Waals surface area (Å²) in [7, 11) is -3.40. The fraction of sp³-hybridized carbons (Fsp3) is 0.692. The number of halogens is 1. The summed E-state index contributed by atoms with van der Waals surface area (Å²) in [5, 5.41) is 3.33. The Balaban J connectivity index is 2.14. The average Bonchev–Trinajstić information content (AvgIpc) is 2.87. The first-order valence-corrected chi connectivity index (χ1v) is 9.67. The molecule has 7 heteroatoms. The molecule has 20 heavy (non-hydrogen) atoms. The van der Waals surface area contributed by atoms with Crippen LogP contribution in [0.2, 0.25) is 4.34 Å². The highest BCUT2D eigenvalue weighted by Crippen LogP contribution is 2.31. The zero-order chi connectivity index (χ0) is 14.6. The number of rotatable bonds is 6. The predicted octanol–water partition coefficient (Wildman–Crippen LogP) is 2.94. The second-order valence-corrected chi connectivity index (χ2v) is 8.86. The van der Waals surface area contributed by atoms with E-state index in [9.17, 15) is 8.42 Å². The van der Waals surface area contributed by atoms with Crippen molar-refractivity contribution >= 4 is 33.0 Å². The van der Waals surface area contributed by atoms with Gasteiger partial charge in [0.1, 0.15) is 4.21 Å². The molecule has 1 aliphatic rings. The van der Waals surface area contributed by atoms with Crippen LogP contribution in [0.15, 0.2) is 16.3 Å². The number of thiophene rings is 1. The molecule has 1 atom stereocenters. The van der Waals surface area contributed by atoms with Crippen LogP contribution in [0.3, 0.4) is 0 Å². The Kier molecular flexibility index (Phi) is 5.86. The van der Waals surface area contributed by atoms with E-state index in [0.717, 1.165) is 50.1 Å². The maximum atomic E-state index is 12.7. The number of nitrogens with one attached hydrogen (secondary N) is 1. The summed E-state index contributed by atoms with van der Waals surface area (Å²) in [6.45, 7) is 4.37. The largest absolute Gasteiger partial charge is 0.315 e. The molecule has 1 fully saturated rings. The highest BCUT2D eigenvalue weighted by molar-refractivity contribution is 7.91. The summed E-state index contributed by atoms with van der Waals surface area (Å²) in [6.07, 6.45) is 4.01. The van der Waals surface area contributed by atoms with E-state index in [1.165, 1.54) is 0 Å². The van der Waals surface area contributed by atoms with Crippen LogP contribution < -0.4 is 5.32 Å². The van der Waals surface area contributed by atoms with Gasteiger partial charge in [0.2, 0.25) is 0 Å². The van der Waals surface area contributed by atoms with Gasteiger partial charge in [0.25, 0.3) is 10.0 Å². The van der Waals surface area contributed by atoms with Crippen molar-refractivity contribution in [3.8, 4) is 0 Å². The molecule has 0 saturated carbocycles. The van der Waals surface area contributed by atoms with Crippen molar-refractivity contribution in [2.75, 3.05) is 19.6 Å². The van der Waals surface area contributed by atoms with E-state index in [-0.39, 0.29) is 6.04 Å². The van der Waals surface area contributed by atoms with Gasteiger partial charge in [0.15, 0.2) is 0 Å². The molecule has 1 aliphatic heterocycles. The molecule has 1 aromatic rings. The van der Waals surface area contributed by atoms with Gasteiger partial charge in [0.05, 0.1) is 4.34 Å². The van der Waals surface area contributed by atoms with Crippen LogP contribution in [-0.2, 0) is 10.0 Å². The molecule has 0 bridgehead atoms. The van der Waals surface area contributed by atoms with E-state index in [0.29, 0.717) is 15.1 Å². The summed E-state index contributed by atoms with van der Waals surface area (Å²) in [5.41, 5.74) is 0. The van der Waals surface area contributed by atoms with Gasteiger partial charge in [0, 0.05) is 19.1 Å². The first-order chi connectivity index (χ1) is 9.55. The first-order valence-electron chi connectivity index (χ1n) is 7.03. The normalized spacial score (nSPS) is 21.2. The molecule has 0 aromatic carbocycles. The molecule has 1 saturated heterocycles. The van der Waals surface area contributed by atoms with E-state index in [2.05, 4.69) is 12.2 Å². The lowest BCUT2D eigenvalue weighted by Gasteiger charge is -2.34. The Morgan fingerprint density at radius 2 is 2.25 bits per heavy atom. The zero-order valence-corrected chi connectivity index (χ0v) is 14.0. The minimum Gasteiger partial charge on any atom is -0.315 e. The molecule has 2 heterocycles. The molecule has 4 nitrogen and oxygen atoms in total. The van der Waals surface area contributed by atoms with E-state index < -0.39 is 10.0 Å². The highest BCUT2D eigenvalue weighted by atomic mass is 35.5. The van der Waals surface area contributed by atoms with Gasteiger partial charge >= 0.3 is 0 Å². The summed E-state index contributed by atoms with van der Waals surface area (Å²) < 4.78 is 27.9. The van der Waals surface area contributed by atoms with Crippen molar-refractivity contribution in [3.05, 3.63) is 16.5 Å². The zero-order valence-electron chi connectivity index (χ0n) is 11.6. The maximum Gasteiger partial charge on any atom is 0.252 e. The van der Waals surface area contributed by atoms with Gasteiger partial charge in [-0.25, -0.2) is 8.42 Å². The van der Waals surface area contributed by atoms with Crippen LogP contribution in [0, 0.1) is 0 Å². The third kappa shape index (κ3) is 3.74. The Morgan fingerprint density at radius 1 is 1.45 bits per heavy atom. The van der Waals surface area contributed by atoms with Crippen LogP contribution >= 0.6 is 22.9 Å². The third-order valence-corrected chi connectivity index (χ3v) is 7.14. The number of nitrogens with zero attached hydrogens (tertiary/aromatic N) is 1. The molecule has 0 spiro atoms. The van der Waals surface area contributed by atoms with Crippen LogP contribution in [0.4, 0.5) is 0 Å². The second kappa shape index (κ2) is 7.22. The van der Waals surface area contributed by atoms with Crippen molar-refractivity contribution in [2.24, 2.45) is 0 Å². The second-order valence-electron chi connectivity index (χ2n) is 5.03. The fourth-order valence-corrected chi connectivity index (χ4v) is 5.80. The van der Waals surface area contributed by atoms with Crippen LogP contribution in [0.25, 0.3) is 0 Å². The van der Waals surface area contributed by atoms with Gasteiger partial charge < -0.3 is 5.32 Å². The standard InChI is InChI=1S/C13H21ClN2O2S2/c1-2-8-15-10-11-5-3-4-9-16(11)20(17,18)13-7-6-12(14)19-13/h6-7,11,15H,2-5,8-10H2,1H3. The van der Waals surface area contributed by atoms with E-state index in [1.54, 1.807) is 16.4 Å². The van der Waals surface area contributed by atoms with E-state index in [4.69, 9.17) is 11.6 Å². The summed E-state index contributed by atoms with van der Waals surface area (Å²) in [4.78, 5) is 0. The lowest BCUT2D eigenvalue weighted by atomic mass is 10.1. The Bertz CT molecular complexity index is 530. The van der Waals surface area contributed by atoms with E-state index >= 15 is 0 Å². The van der Waals surface area contributed by atoms with Gasteiger partial charge in [-0.3, -0.25) is 0 Å². The first kappa shape index (κ1) is 16.2. The molecule has 1 aromatic heterocycles. The van der Waals surface area contributed by atoms with Crippen LogP contribution in [-0.4, -0.2) is 38.4 Å². The molecular weight excluding hydrogens is 316 g/mol. The van der Waals surface area contributed by atoms with Gasteiger partial charge in [-0.05, 0) is 37.9 Å². The molecule has 2 rings (SSSR count). The molecule has 0 aliphatic carbocycles. The minimum atomic E-state index is -3.40. The number of sulfonamides is 1. The quantitative estimate of drug-likeness (QED) is 0.812. The molecule has 0 radical (unpaired) electrons. The Morgan fingerprint density at radius 3 is 2.90 bits per heavy atom. The van der Waals surface area contributed by atoms with Gasteiger partial charge in [-0.1, -0.05) is 24.9 Å². The van der Waals surface area contributed by atoms with Crippen molar-refractivity contribution < 1.29 is 8.42 Å². The number of hydrogen-bond donors (Lipinski definition) is 1. The van der Waals surface area contributed by atoms with Crippen LogP contribution in [0.5, 0.6) is 0 Å². The monoisotopic (exact) mass is 336 g/mol. The Labute approximate surface area is 130 Å². The van der Waals surface area contributed by atoms with Crippen molar-refractivity contribution in [3.63, 3.8) is 0 Å². The van der Waals surface area contributed by atoms with Crippen LogP contribution in [0.1, 0.15) is 32.6 Å². The maximum absolute atomic E-state index is 12.7. The summed E-state index contributed by atoms with van der Waals surface area (Å²) >= 11 is 7.00. The lowest BCUT2D eigenvalue weighted by molar-refractivity contribution is 0.246. The molecule has 1 unspecified atom stereocenters. The summed E-state index contributed by atoms with van der Waals surface area (Å²) in [6, 6.07) is 3.31. The van der Waals surface area contributed by atoms with Crippen molar-refractivity contribution in [1.82, 2.24) is 9.62 Å². The summed E-state index contributed by atoms with van der Waals surface area (Å²) in [5.74, 6) is 0. The fourth-order valence-electron chi connectivity index (χ4n) is 2.49. The van der Waals surface area contributed by atoms with Gasteiger partial charge in [-0.2, -0.15) is 4.31 Å². The smallest absolute Gasteiger partial charge is 0.252 e. The molecule has 114 valence electrons. The highest BCUT2D eigenvalue weighted by Gasteiger charge is 2.34. The molecular formula is C13H21ClN2O2S2. The average molecular weight is 337 g/mol. The topological polar surface area (TPSA) is 49.4 Å². The molecule has 0 amide bonds. The SMILES string of the molecule is CCCNCC1CCCCN1S(=O)(=O)c1ccc(Cl)s1. The predicted molar refractivity (Wildman–Crippen MR) is 84.0 cm³/mol. The lowest BCUT2D eigenvalue weighted by Crippen LogP contribution is -2.48.